The van der Waals surface area contributed by atoms with Gasteiger partial charge in [0.2, 0.25) is 0 Å². The molecule has 7 heteroatoms. The Morgan fingerprint density at radius 2 is 2.10 bits per heavy atom. The molecule has 0 amide bonds. The Labute approximate surface area is 174 Å². The fourth-order valence-corrected chi connectivity index (χ4v) is 3.82. The SMILES string of the molecule is Cc1cc(C(C)Nc2ccccc2C(=O)O)c2nc(C3=CCNCC3)cc(=O)n2c1. The number of aryl methyl sites for hydroxylation is 1. The molecule has 3 heterocycles. The molecule has 1 aromatic carbocycles. The van der Waals surface area contributed by atoms with Crippen LogP contribution in [-0.2, 0) is 0 Å². The third-order valence-electron chi connectivity index (χ3n) is 5.32. The summed E-state index contributed by atoms with van der Waals surface area (Å²) in [5.41, 5.74) is 4.71. The molecule has 4 rings (SSSR count). The van der Waals surface area contributed by atoms with Gasteiger partial charge in [-0.3, -0.25) is 9.20 Å². The van der Waals surface area contributed by atoms with Crippen molar-refractivity contribution in [3.05, 3.63) is 81.4 Å². The fourth-order valence-electron chi connectivity index (χ4n) is 3.82. The molecule has 0 saturated heterocycles. The summed E-state index contributed by atoms with van der Waals surface area (Å²) in [7, 11) is 0. The van der Waals surface area contributed by atoms with E-state index in [1.54, 1.807) is 40.9 Å². The number of anilines is 1. The molecule has 0 fully saturated rings. The standard InChI is InChI=1S/C23H24N4O3/c1-14-11-18(15(2)25-19-6-4-3-5-17(19)23(29)30)22-26-20(12-21(28)27(22)13-14)16-7-9-24-10-8-16/h3-7,11-13,15,24-25H,8-10H2,1-2H3,(H,29,30). The van der Waals surface area contributed by atoms with Crippen LogP contribution in [0, 0.1) is 6.92 Å². The highest BCUT2D eigenvalue weighted by atomic mass is 16.4. The lowest BCUT2D eigenvalue weighted by atomic mass is 10.0. The van der Waals surface area contributed by atoms with Crippen LogP contribution in [0.5, 0.6) is 0 Å². The molecule has 1 unspecified atom stereocenters. The van der Waals surface area contributed by atoms with Crippen LogP contribution in [0.4, 0.5) is 5.69 Å². The van der Waals surface area contributed by atoms with Crippen molar-refractivity contribution in [3.8, 4) is 0 Å². The number of benzene rings is 1. The second-order valence-corrected chi connectivity index (χ2v) is 7.55. The Morgan fingerprint density at radius 3 is 2.83 bits per heavy atom. The van der Waals surface area contributed by atoms with E-state index in [0.717, 1.165) is 36.2 Å². The zero-order valence-corrected chi connectivity index (χ0v) is 17.0. The van der Waals surface area contributed by atoms with Crippen molar-refractivity contribution in [1.82, 2.24) is 14.7 Å². The van der Waals surface area contributed by atoms with Gasteiger partial charge in [-0.15, -0.1) is 0 Å². The van der Waals surface area contributed by atoms with Gasteiger partial charge in [0.1, 0.15) is 5.65 Å². The largest absolute Gasteiger partial charge is 0.478 e. The number of aromatic nitrogens is 2. The first-order valence-electron chi connectivity index (χ1n) is 9.97. The normalized spacial score (nSPS) is 14.9. The number of para-hydroxylation sites is 1. The van der Waals surface area contributed by atoms with E-state index in [1.165, 1.54) is 0 Å². The quantitative estimate of drug-likeness (QED) is 0.604. The maximum absolute atomic E-state index is 12.9. The second kappa shape index (κ2) is 8.12. The molecule has 0 radical (unpaired) electrons. The number of rotatable bonds is 5. The number of carboxylic acid groups (broad SMARTS) is 1. The van der Waals surface area contributed by atoms with Crippen LogP contribution >= 0.6 is 0 Å². The molecule has 154 valence electrons. The molecular formula is C23H24N4O3. The summed E-state index contributed by atoms with van der Waals surface area (Å²) in [5.74, 6) is -0.992. The minimum absolute atomic E-state index is 0.127. The minimum Gasteiger partial charge on any atom is -0.478 e. The lowest BCUT2D eigenvalue weighted by molar-refractivity contribution is 0.0698. The van der Waals surface area contributed by atoms with Crippen molar-refractivity contribution >= 4 is 22.9 Å². The van der Waals surface area contributed by atoms with Crippen LogP contribution in [0.15, 0.2) is 53.5 Å². The first-order chi connectivity index (χ1) is 14.4. The van der Waals surface area contributed by atoms with Gasteiger partial charge in [-0.05, 0) is 56.1 Å². The Hall–Kier alpha value is -3.45. The number of pyridine rings is 1. The molecule has 30 heavy (non-hydrogen) atoms. The topological polar surface area (TPSA) is 95.7 Å². The number of carbonyl (C=O) groups is 1. The van der Waals surface area contributed by atoms with Crippen molar-refractivity contribution in [2.75, 3.05) is 18.4 Å². The van der Waals surface area contributed by atoms with Gasteiger partial charge in [-0.2, -0.15) is 0 Å². The van der Waals surface area contributed by atoms with E-state index in [-0.39, 0.29) is 17.2 Å². The second-order valence-electron chi connectivity index (χ2n) is 7.55. The number of carboxylic acids is 1. The van der Waals surface area contributed by atoms with Gasteiger partial charge in [-0.25, -0.2) is 9.78 Å². The van der Waals surface area contributed by atoms with Crippen LogP contribution in [0.25, 0.3) is 11.2 Å². The molecule has 1 aliphatic heterocycles. The Balaban J connectivity index is 1.81. The van der Waals surface area contributed by atoms with Crippen molar-refractivity contribution < 1.29 is 9.90 Å². The van der Waals surface area contributed by atoms with E-state index >= 15 is 0 Å². The molecule has 7 nitrogen and oxygen atoms in total. The zero-order chi connectivity index (χ0) is 21.3. The summed E-state index contributed by atoms with van der Waals surface area (Å²) in [6.45, 7) is 5.49. The Morgan fingerprint density at radius 1 is 1.30 bits per heavy atom. The molecule has 3 aromatic rings. The van der Waals surface area contributed by atoms with Gasteiger partial charge in [0.25, 0.3) is 5.56 Å². The minimum atomic E-state index is -0.992. The van der Waals surface area contributed by atoms with Crippen molar-refractivity contribution in [1.29, 1.82) is 0 Å². The van der Waals surface area contributed by atoms with E-state index in [2.05, 4.69) is 16.7 Å². The maximum Gasteiger partial charge on any atom is 0.337 e. The van der Waals surface area contributed by atoms with Crippen LogP contribution in [0.3, 0.4) is 0 Å². The molecule has 0 saturated carbocycles. The average molecular weight is 404 g/mol. The molecule has 1 atom stereocenters. The number of fused-ring (bicyclic) bond motifs is 1. The molecule has 3 N–H and O–H groups in total. The van der Waals surface area contributed by atoms with E-state index in [0.29, 0.717) is 17.0 Å². The van der Waals surface area contributed by atoms with Gasteiger partial charge in [0.05, 0.1) is 17.3 Å². The van der Waals surface area contributed by atoms with Gasteiger partial charge < -0.3 is 15.7 Å². The zero-order valence-electron chi connectivity index (χ0n) is 17.0. The van der Waals surface area contributed by atoms with Gasteiger partial charge >= 0.3 is 5.97 Å². The predicted molar refractivity (Wildman–Crippen MR) is 117 cm³/mol. The van der Waals surface area contributed by atoms with Crippen LogP contribution in [0.2, 0.25) is 0 Å². The number of nitrogens with zero attached hydrogens (tertiary/aromatic N) is 2. The molecule has 0 aliphatic carbocycles. The predicted octanol–water partition coefficient (Wildman–Crippen LogP) is 3.25. The Bertz CT molecular complexity index is 1210. The van der Waals surface area contributed by atoms with E-state index < -0.39 is 5.97 Å². The summed E-state index contributed by atoms with van der Waals surface area (Å²) >= 11 is 0. The number of aromatic carboxylic acids is 1. The third kappa shape index (κ3) is 3.84. The van der Waals surface area contributed by atoms with Crippen LogP contribution in [-0.4, -0.2) is 33.6 Å². The highest BCUT2D eigenvalue weighted by Gasteiger charge is 2.18. The summed E-state index contributed by atoms with van der Waals surface area (Å²) < 4.78 is 1.57. The third-order valence-corrected chi connectivity index (χ3v) is 5.32. The van der Waals surface area contributed by atoms with Gasteiger partial charge in [-0.1, -0.05) is 18.2 Å². The smallest absolute Gasteiger partial charge is 0.337 e. The molecule has 0 spiro atoms. The lowest BCUT2D eigenvalue weighted by Gasteiger charge is -2.20. The number of hydrogen-bond acceptors (Lipinski definition) is 5. The number of nitrogens with one attached hydrogen (secondary N) is 2. The maximum atomic E-state index is 12.9. The van der Waals surface area contributed by atoms with Crippen molar-refractivity contribution in [2.24, 2.45) is 0 Å². The molecule has 0 bridgehead atoms. The highest BCUT2D eigenvalue weighted by Crippen LogP contribution is 2.26. The van der Waals surface area contributed by atoms with E-state index in [1.807, 2.05) is 19.9 Å². The van der Waals surface area contributed by atoms with Crippen LogP contribution < -0.4 is 16.2 Å². The first-order valence-corrected chi connectivity index (χ1v) is 9.97. The van der Waals surface area contributed by atoms with Gasteiger partial charge in [0, 0.05) is 30.1 Å². The molecule has 2 aromatic heterocycles. The molecule has 1 aliphatic rings. The monoisotopic (exact) mass is 404 g/mol. The summed E-state index contributed by atoms with van der Waals surface area (Å²) in [6.07, 6.45) is 4.68. The summed E-state index contributed by atoms with van der Waals surface area (Å²) in [6, 6.07) is 10.1. The van der Waals surface area contributed by atoms with E-state index in [9.17, 15) is 14.7 Å². The summed E-state index contributed by atoms with van der Waals surface area (Å²) in [4.78, 5) is 29.2. The average Bonchev–Trinajstić information content (AvgIpc) is 2.74. The highest BCUT2D eigenvalue weighted by molar-refractivity contribution is 5.94. The Kier molecular flexibility index (Phi) is 5.37. The fraction of sp³-hybridized carbons (Fsp3) is 0.261. The van der Waals surface area contributed by atoms with Crippen LogP contribution in [0.1, 0.15) is 46.6 Å². The van der Waals surface area contributed by atoms with E-state index in [4.69, 9.17) is 4.98 Å². The first kappa shape index (κ1) is 19.8. The summed E-state index contributed by atoms with van der Waals surface area (Å²) in [5, 5.41) is 16.0. The number of hydrogen-bond donors (Lipinski definition) is 3. The van der Waals surface area contributed by atoms with Gasteiger partial charge in [0.15, 0.2) is 0 Å². The molecular weight excluding hydrogens is 380 g/mol. The van der Waals surface area contributed by atoms with Crippen molar-refractivity contribution in [2.45, 2.75) is 26.3 Å². The van der Waals surface area contributed by atoms with Crippen molar-refractivity contribution in [3.63, 3.8) is 0 Å². The lowest BCUT2D eigenvalue weighted by Crippen LogP contribution is -2.23.